The highest BCUT2D eigenvalue weighted by molar-refractivity contribution is 5.82. The highest BCUT2D eigenvalue weighted by Gasteiger charge is 2.26. The van der Waals surface area contributed by atoms with Crippen molar-refractivity contribution in [2.24, 2.45) is 5.92 Å². The Morgan fingerprint density at radius 1 is 1.32 bits per heavy atom. The molecule has 126 valence electrons. The number of rotatable bonds is 7. The van der Waals surface area contributed by atoms with E-state index in [9.17, 15) is 9.59 Å². The molecule has 2 unspecified atom stereocenters. The van der Waals surface area contributed by atoms with Crippen LogP contribution in [0.3, 0.4) is 0 Å². The van der Waals surface area contributed by atoms with Gasteiger partial charge in [0, 0.05) is 26.2 Å². The average molecular weight is 311 g/mol. The molecular weight excluding hydrogens is 282 g/mol. The second-order valence-electron chi connectivity index (χ2n) is 6.19. The minimum Gasteiger partial charge on any atom is -0.381 e. The number of nitrogens with one attached hydrogen (secondary N) is 2. The van der Waals surface area contributed by atoms with Crippen LogP contribution in [0.25, 0.3) is 0 Å². The maximum Gasteiger partial charge on any atom is 0.237 e. The Morgan fingerprint density at radius 2 is 2.18 bits per heavy atom. The van der Waals surface area contributed by atoms with Crippen LogP contribution >= 0.6 is 0 Å². The molecule has 6 heteroatoms. The van der Waals surface area contributed by atoms with E-state index in [1.165, 1.54) is 0 Å². The molecule has 2 saturated heterocycles. The number of carbonyl (C=O) groups is 2. The summed E-state index contributed by atoms with van der Waals surface area (Å²) in [6.07, 6.45) is 4.55. The summed E-state index contributed by atoms with van der Waals surface area (Å²) in [7, 11) is 0. The lowest BCUT2D eigenvalue weighted by Gasteiger charge is -2.33. The van der Waals surface area contributed by atoms with Gasteiger partial charge in [0.15, 0.2) is 0 Å². The van der Waals surface area contributed by atoms with E-state index in [0.717, 1.165) is 45.3 Å². The molecule has 2 heterocycles. The number of nitrogens with zero attached hydrogens (tertiary/aromatic N) is 1. The molecule has 2 N–H and O–H groups in total. The van der Waals surface area contributed by atoms with Gasteiger partial charge in [-0.05, 0) is 45.1 Å². The van der Waals surface area contributed by atoms with Crippen LogP contribution in [0.5, 0.6) is 0 Å². The lowest BCUT2D eigenvalue weighted by Crippen LogP contribution is -2.46. The lowest BCUT2D eigenvalue weighted by molar-refractivity contribution is -0.134. The van der Waals surface area contributed by atoms with Crippen molar-refractivity contribution in [3.63, 3.8) is 0 Å². The molecule has 0 saturated carbocycles. The summed E-state index contributed by atoms with van der Waals surface area (Å²) in [6, 6.07) is -0.0208. The van der Waals surface area contributed by atoms with Gasteiger partial charge >= 0.3 is 0 Å². The molecule has 0 aromatic carbocycles. The number of amides is 2. The van der Waals surface area contributed by atoms with Crippen molar-refractivity contribution in [2.45, 2.75) is 45.1 Å². The molecule has 0 aromatic rings. The van der Waals surface area contributed by atoms with E-state index in [1.807, 2.05) is 11.8 Å². The summed E-state index contributed by atoms with van der Waals surface area (Å²) in [5, 5.41) is 6.25. The zero-order valence-electron chi connectivity index (χ0n) is 13.6. The number of likely N-dealkylation sites (tertiary alicyclic amines) is 1. The molecule has 0 aliphatic carbocycles. The zero-order chi connectivity index (χ0) is 15.8. The predicted molar refractivity (Wildman–Crippen MR) is 84.4 cm³/mol. The van der Waals surface area contributed by atoms with Gasteiger partial charge in [0.05, 0.1) is 19.1 Å². The largest absolute Gasteiger partial charge is 0.381 e. The fourth-order valence-corrected chi connectivity index (χ4v) is 3.20. The average Bonchev–Trinajstić information content (AvgIpc) is 3.07. The second-order valence-corrected chi connectivity index (χ2v) is 6.19. The van der Waals surface area contributed by atoms with Gasteiger partial charge < -0.3 is 20.3 Å². The SMILES string of the molecule is CCOCCC(=O)N1CCCC(CNC(=O)C2CCCN2)C1. The Bertz CT molecular complexity index is 370. The summed E-state index contributed by atoms with van der Waals surface area (Å²) in [4.78, 5) is 26.0. The molecule has 0 aromatic heterocycles. The highest BCUT2D eigenvalue weighted by atomic mass is 16.5. The van der Waals surface area contributed by atoms with E-state index >= 15 is 0 Å². The van der Waals surface area contributed by atoms with Crippen molar-refractivity contribution >= 4 is 11.8 Å². The fourth-order valence-electron chi connectivity index (χ4n) is 3.20. The monoisotopic (exact) mass is 311 g/mol. The van der Waals surface area contributed by atoms with Crippen molar-refractivity contribution in [2.75, 3.05) is 39.4 Å². The van der Waals surface area contributed by atoms with E-state index in [-0.39, 0.29) is 17.9 Å². The first-order valence-electron chi connectivity index (χ1n) is 8.57. The first kappa shape index (κ1) is 17.2. The zero-order valence-corrected chi connectivity index (χ0v) is 13.6. The maximum atomic E-state index is 12.1. The van der Waals surface area contributed by atoms with Crippen LogP contribution in [0.4, 0.5) is 0 Å². The molecule has 0 bridgehead atoms. The lowest BCUT2D eigenvalue weighted by atomic mass is 9.97. The highest BCUT2D eigenvalue weighted by Crippen LogP contribution is 2.17. The second kappa shape index (κ2) is 9.10. The van der Waals surface area contributed by atoms with Gasteiger partial charge in [-0.1, -0.05) is 0 Å². The van der Waals surface area contributed by atoms with E-state index in [2.05, 4.69) is 10.6 Å². The first-order valence-corrected chi connectivity index (χ1v) is 8.57. The van der Waals surface area contributed by atoms with Gasteiger partial charge in [-0.15, -0.1) is 0 Å². The van der Waals surface area contributed by atoms with E-state index in [4.69, 9.17) is 4.74 Å². The summed E-state index contributed by atoms with van der Waals surface area (Å²) < 4.78 is 5.25. The molecule has 2 fully saturated rings. The van der Waals surface area contributed by atoms with E-state index in [0.29, 0.717) is 32.1 Å². The fraction of sp³-hybridized carbons (Fsp3) is 0.875. The molecule has 2 rings (SSSR count). The molecule has 2 amide bonds. The quantitative estimate of drug-likeness (QED) is 0.673. The van der Waals surface area contributed by atoms with Crippen LogP contribution in [0, 0.1) is 5.92 Å². The van der Waals surface area contributed by atoms with E-state index < -0.39 is 0 Å². The third-order valence-electron chi connectivity index (χ3n) is 4.48. The molecular formula is C16H29N3O3. The first-order chi connectivity index (χ1) is 10.7. The van der Waals surface area contributed by atoms with Gasteiger partial charge in [-0.25, -0.2) is 0 Å². The molecule has 6 nitrogen and oxygen atoms in total. The van der Waals surface area contributed by atoms with Gasteiger partial charge in [-0.3, -0.25) is 9.59 Å². The van der Waals surface area contributed by atoms with E-state index in [1.54, 1.807) is 0 Å². The molecule has 22 heavy (non-hydrogen) atoms. The molecule has 2 aliphatic rings. The third-order valence-corrected chi connectivity index (χ3v) is 4.48. The Hall–Kier alpha value is -1.14. The topological polar surface area (TPSA) is 70.7 Å². The van der Waals surface area contributed by atoms with Crippen molar-refractivity contribution in [1.29, 1.82) is 0 Å². The van der Waals surface area contributed by atoms with Gasteiger partial charge in [0.2, 0.25) is 11.8 Å². The Morgan fingerprint density at radius 3 is 2.91 bits per heavy atom. The van der Waals surface area contributed by atoms with Crippen LogP contribution < -0.4 is 10.6 Å². The number of piperidine rings is 1. The number of hydrogen-bond acceptors (Lipinski definition) is 4. The van der Waals surface area contributed by atoms with Gasteiger partial charge in [0.1, 0.15) is 0 Å². The third kappa shape index (κ3) is 5.25. The Kier molecular flexibility index (Phi) is 7.12. The van der Waals surface area contributed by atoms with Gasteiger partial charge in [0.25, 0.3) is 0 Å². The number of hydrogen-bond donors (Lipinski definition) is 2. The van der Waals surface area contributed by atoms with Crippen molar-refractivity contribution in [3.05, 3.63) is 0 Å². The maximum absolute atomic E-state index is 12.1. The predicted octanol–water partition coefficient (Wildman–Crippen LogP) is 0.520. The van der Waals surface area contributed by atoms with Crippen LogP contribution in [-0.4, -0.2) is 62.1 Å². The molecule has 0 radical (unpaired) electrons. The summed E-state index contributed by atoms with van der Waals surface area (Å²) in [6.45, 7) is 6.28. The normalized spacial score (nSPS) is 25.2. The van der Waals surface area contributed by atoms with Crippen LogP contribution in [-0.2, 0) is 14.3 Å². The van der Waals surface area contributed by atoms with Crippen LogP contribution in [0.15, 0.2) is 0 Å². The molecule has 2 atom stereocenters. The van der Waals surface area contributed by atoms with Crippen LogP contribution in [0.1, 0.15) is 39.0 Å². The van der Waals surface area contributed by atoms with Crippen molar-refractivity contribution in [3.8, 4) is 0 Å². The molecule has 0 spiro atoms. The smallest absolute Gasteiger partial charge is 0.237 e. The number of carbonyl (C=O) groups excluding carboxylic acids is 2. The van der Waals surface area contributed by atoms with Crippen LogP contribution in [0.2, 0.25) is 0 Å². The summed E-state index contributed by atoms with van der Waals surface area (Å²) in [5.41, 5.74) is 0. The van der Waals surface area contributed by atoms with Gasteiger partial charge in [-0.2, -0.15) is 0 Å². The molecule has 2 aliphatic heterocycles. The number of ether oxygens (including phenoxy) is 1. The minimum atomic E-state index is -0.0208. The van der Waals surface area contributed by atoms with Crippen molar-refractivity contribution in [1.82, 2.24) is 15.5 Å². The standard InChI is InChI=1S/C16H29N3O3/c1-2-22-10-7-15(20)19-9-4-5-13(12-19)11-18-16(21)14-6-3-8-17-14/h13-14,17H,2-12H2,1H3,(H,18,21). The Labute approximate surface area is 132 Å². The minimum absolute atomic E-state index is 0.0208. The van der Waals surface area contributed by atoms with Crippen molar-refractivity contribution < 1.29 is 14.3 Å². The summed E-state index contributed by atoms with van der Waals surface area (Å²) in [5.74, 6) is 0.648. The Balaban J connectivity index is 1.68. The summed E-state index contributed by atoms with van der Waals surface area (Å²) >= 11 is 0.